The number of nitrogens with two attached hydrogens (primary N) is 1. The van der Waals surface area contributed by atoms with Crippen LogP contribution in [-0.4, -0.2) is 13.3 Å². The topological polar surface area (TPSA) is 56.8 Å². The van der Waals surface area contributed by atoms with Crippen molar-refractivity contribution in [3.05, 3.63) is 24.3 Å². The molecule has 1 aromatic carbocycles. The Balaban J connectivity index is 2.03. The Morgan fingerprint density at radius 1 is 1.23 bits per heavy atom. The first kappa shape index (κ1) is 15.1. The molecule has 4 nitrogen and oxygen atoms in total. The van der Waals surface area contributed by atoms with Crippen molar-refractivity contribution in [2.75, 3.05) is 7.11 Å². The number of nitrogens with zero attached hydrogens (tertiary/aromatic N) is 1. The second kappa shape index (κ2) is 6.53. The van der Waals surface area contributed by atoms with Crippen LogP contribution in [0, 0.1) is 11.8 Å². The summed E-state index contributed by atoms with van der Waals surface area (Å²) in [4.78, 5) is 9.64. The van der Waals surface area contributed by atoms with Crippen LogP contribution in [0.4, 0.5) is 5.69 Å². The minimum absolute atomic E-state index is 0.504. The Morgan fingerprint density at radius 3 is 2.86 bits per heavy atom. The largest absolute Gasteiger partial charge is 0.493 e. The Hall–Kier alpha value is -1.81. The highest BCUT2D eigenvalue weighted by Crippen LogP contribution is 2.41. The molecule has 1 saturated carbocycles. The van der Waals surface area contributed by atoms with Gasteiger partial charge in [0.15, 0.2) is 11.5 Å². The van der Waals surface area contributed by atoms with Crippen LogP contribution < -0.4 is 15.5 Å². The molecule has 22 heavy (non-hydrogen) atoms. The van der Waals surface area contributed by atoms with E-state index in [4.69, 9.17) is 20.5 Å². The number of fused-ring (bicyclic) bond motifs is 3. The summed E-state index contributed by atoms with van der Waals surface area (Å²) in [6.45, 7) is 4.26. The maximum absolute atomic E-state index is 5.36. The van der Waals surface area contributed by atoms with Crippen LogP contribution in [-0.2, 0) is 0 Å². The fourth-order valence-electron chi connectivity index (χ4n) is 3.62. The van der Waals surface area contributed by atoms with Crippen molar-refractivity contribution in [2.45, 2.75) is 38.5 Å². The molecule has 1 aromatic rings. The van der Waals surface area contributed by atoms with E-state index in [1.165, 1.54) is 32.1 Å². The Labute approximate surface area is 132 Å². The average Bonchev–Trinajstić information content (AvgIpc) is 2.56. The van der Waals surface area contributed by atoms with E-state index in [0.717, 1.165) is 29.2 Å². The van der Waals surface area contributed by atoms with Crippen LogP contribution in [0.1, 0.15) is 44.1 Å². The molecule has 3 rings (SSSR count). The molecular formula is C18H24N2O2. The molecule has 1 unspecified atom stereocenters. The van der Waals surface area contributed by atoms with E-state index in [9.17, 15) is 0 Å². The molecule has 0 amide bonds. The van der Waals surface area contributed by atoms with Gasteiger partial charge in [-0.3, -0.25) is 4.99 Å². The van der Waals surface area contributed by atoms with Gasteiger partial charge in [0, 0.05) is 17.8 Å². The molecule has 2 aliphatic rings. The number of allylic oxidation sites excluding steroid dienone is 1. The van der Waals surface area contributed by atoms with E-state index in [1.807, 2.05) is 12.1 Å². The molecule has 0 saturated heterocycles. The molecule has 2 N–H and O–H groups in total. The van der Waals surface area contributed by atoms with Gasteiger partial charge in [-0.15, -0.1) is 0 Å². The van der Waals surface area contributed by atoms with Gasteiger partial charge in [0.1, 0.15) is 0 Å². The fourth-order valence-corrected chi connectivity index (χ4v) is 3.62. The van der Waals surface area contributed by atoms with E-state index < -0.39 is 0 Å². The number of methoxy groups -OCH3 is 1. The van der Waals surface area contributed by atoms with Crippen molar-refractivity contribution in [2.24, 2.45) is 22.7 Å². The molecule has 2 atom stereocenters. The highest BCUT2D eigenvalue weighted by atomic mass is 16.6. The summed E-state index contributed by atoms with van der Waals surface area (Å²) in [5.41, 5.74) is 3.02. The minimum Gasteiger partial charge on any atom is -0.493 e. The van der Waals surface area contributed by atoms with Gasteiger partial charge in [-0.25, -0.2) is 0 Å². The van der Waals surface area contributed by atoms with Gasteiger partial charge >= 0.3 is 0 Å². The second-order valence-corrected chi connectivity index (χ2v) is 6.35. The van der Waals surface area contributed by atoms with Crippen LogP contribution in [0.2, 0.25) is 0 Å². The molecule has 4 heteroatoms. The van der Waals surface area contributed by atoms with Gasteiger partial charge in [-0.1, -0.05) is 19.4 Å². The fraction of sp³-hybridized carbons (Fsp3) is 0.500. The maximum atomic E-state index is 5.36. The van der Waals surface area contributed by atoms with Crippen LogP contribution in [0.5, 0.6) is 11.5 Å². The number of hydrogen-bond donors (Lipinski definition) is 1. The maximum Gasteiger partial charge on any atom is 0.190 e. The highest BCUT2D eigenvalue weighted by Gasteiger charge is 2.23. The Morgan fingerprint density at radius 2 is 2.09 bits per heavy atom. The molecule has 1 aliphatic carbocycles. The standard InChI is InChI=1S/C18H24N2O2/c1-12-6-7-13-4-3-5-14(8-13)11-20-16-10-18(22-19)17(21-2)9-15(12)16/h9-11,13-14H,1,3-8,19H2,2H3/t13?,14-/m0/s1. The summed E-state index contributed by atoms with van der Waals surface area (Å²) in [5, 5.41) is 0. The van der Waals surface area contributed by atoms with E-state index in [0.29, 0.717) is 17.4 Å². The lowest BCUT2D eigenvalue weighted by Gasteiger charge is -2.28. The van der Waals surface area contributed by atoms with E-state index >= 15 is 0 Å². The number of hydrogen-bond acceptors (Lipinski definition) is 4. The smallest absolute Gasteiger partial charge is 0.190 e. The summed E-state index contributed by atoms with van der Waals surface area (Å²) in [5.74, 6) is 7.86. The van der Waals surface area contributed by atoms with Gasteiger partial charge < -0.3 is 9.57 Å². The molecule has 0 aromatic heterocycles. The van der Waals surface area contributed by atoms with Crippen LogP contribution in [0.25, 0.3) is 5.57 Å². The summed E-state index contributed by atoms with van der Waals surface area (Å²) >= 11 is 0. The predicted octanol–water partition coefficient (Wildman–Crippen LogP) is 4.26. The van der Waals surface area contributed by atoms with Gasteiger partial charge in [0.25, 0.3) is 0 Å². The lowest BCUT2D eigenvalue weighted by molar-refractivity contribution is 0.305. The van der Waals surface area contributed by atoms with Crippen molar-refractivity contribution < 1.29 is 9.57 Å². The Kier molecular flexibility index (Phi) is 4.48. The van der Waals surface area contributed by atoms with Crippen molar-refractivity contribution in [3.8, 4) is 11.5 Å². The first-order valence-electron chi connectivity index (χ1n) is 8.02. The van der Waals surface area contributed by atoms with Crippen molar-refractivity contribution >= 4 is 17.5 Å². The molecule has 2 bridgehead atoms. The average molecular weight is 300 g/mol. The van der Waals surface area contributed by atoms with Crippen LogP contribution >= 0.6 is 0 Å². The molecule has 1 aliphatic heterocycles. The van der Waals surface area contributed by atoms with Crippen molar-refractivity contribution in [1.29, 1.82) is 0 Å². The first-order valence-corrected chi connectivity index (χ1v) is 8.02. The minimum atomic E-state index is 0.504. The predicted molar refractivity (Wildman–Crippen MR) is 89.7 cm³/mol. The summed E-state index contributed by atoms with van der Waals surface area (Å²) in [6, 6.07) is 3.78. The van der Waals surface area contributed by atoms with Crippen molar-refractivity contribution in [3.63, 3.8) is 0 Å². The van der Waals surface area contributed by atoms with E-state index in [2.05, 4.69) is 12.8 Å². The summed E-state index contributed by atoms with van der Waals surface area (Å²) < 4.78 is 5.36. The highest BCUT2D eigenvalue weighted by molar-refractivity contribution is 5.79. The number of aliphatic imine (C=N–C) groups is 1. The van der Waals surface area contributed by atoms with E-state index in [1.54, 1.807) is 7.11 Å². The normalized spacial score (nSPS) is 24.5. The summed E-state index contributed by atoms with van der Waals surface area (Å²) in [6.07, 6.45) is 9.46. The van der Waals surface area contributed by atoms with Crippen LogP contribution in [0.15, 0.2) is 23.7 Å². The van der Waals surface area contributed by atoms with E-state index in [-0.39, 0.29) is 0 Å². The molecule has 0 radical (unpaired) electrons. The first-order chi connectivity index (χ1) is 10.7. The monoisotopic (exact) mass is 300 g/mol. The number of rotatable bonds is 2. The molecule has 1 heterocycles. The number of benzene rings is 1. The summed E-state index contributed by atoms with van der Waals surface area (Å²) in [7, 11) is 1.61. The second-order valence-electron chi connectivity index (χ2n) is 6.35. The molecule has 1 fully saturated rings. The van der Waals surface area contributed by atoms with Gasteiger partial charge in [0.2, 0.25) is 0 Å². The van der Waals surface area contributed by atoms with Gasteiger partial charge in [0.05, 0.1) is 12.8 Å². The van der Waals surface area contributed by atoms with Crippen LogP contribution in [0.3, 0.4) is 0 Å². The molecule has 0 spiro atoms. The zero-order valence-electron chi connectivity index (χ0n) is 13.2. The third-order valence-corrected chi connectivity index (χ3v) is 4.89. The lowest BCUT2D eigenvalue weighted by Crippen LogP contribution is -2.17. The Bertz CT molecular complexity index is 595. The zero-order chi connectivity index (χ0) is 15.5. The zero-order valence-corrected chi connectivity index (χ0v) is 13.2. The van der Waals surface area contributed by atoms with Crippen molar-refractivity contribution in [1.82, 2.24) is 0 Å². The number of ether oxygens (including phenoxy) is 1. The molecule has 118 valence electrons. The lowest BCUT2D eigenvalue weighted by atomic mass is 9.78. The van der Waals surface area contributed by atoms with Gasteiger partial charge in [-0.05, 0) is 49.2 Å². The third-order valence-electron chi connectivity index (χ3n) is 4.89. The van der Waals surface area contributed by atoms with Gasteiger partial charge in [-0.2, -0.15) is 5.90 Å². The molecular weight excluding hydrogens is 276 g/mol. The third kappa shape index (κ3) is 3.02. The SMILES string of the molecule is C=C1CCC2CCC[C@H](C=Nc3cc(ON)c(OC)cc31)C2. The quantitative estimate of drug-likeness (QED) is 0.830.